The van der Waals surface area contributed by atoms with Crippen molar-refractivity contribution in [3.63, 3.8) is 0 Å². The molecule has 2 atom stereocenters. The molecule has 5 rings (SSSR count). The fraction of sp³-hybridized carbons (Fsp3) is 0.250. The molecule has 1 aliphatic heterocycles. The minimum Gasteiger partial charge on any atom is -0.478 e. The third-order valence-corrected chi connectivity index (χ3v) is 7.52. The van der Waals surface area contributed by atoms with E-state index in [0.29, 0.717) is 33.1 Å². The first-order valence-corrected chi connectivity index (χ1v) is 12.6. The van der Waals surface area contributed by atoms with Gasteiger partial charge < -0.3 is 9.52 Å². The lowest BCUT2D eigenvalue weighted by Crippen LogP contribution is -2.44. The predicted octanol–water partition coefficient (Wildman–Crippen LogP) is 6.83. The highest BCUT2D eigenvalue weighted by molar-refractivity contribution is 8.18. The maximum atomic E-state index is 13.6. The van der Waals surface area contributed by atoms with Crippen molar-refractivity contribution < 1.29 is 19.1 Å². The van der Waals surface area contributed by atoms with Crippen LogP contribution in [0.1, 0.15) is 48.7 Å². The Kier molecular flexibility index (Phi) is 6.59. The van der Waals surface area contributed by atoms with E-state index in [1.165, 1.54) is 18.2 Å². The van der Waals surface area contributed by atoms with Crippen molar-refractivity contribution in [2.45, 2.75) is 38.6 Å². The van der Waals surface area contributed by atoms with Gasteiger partial charge in [-0.25, -0.2) is 9.79 Å². The first-order chi connectivity index (χ1) is 17.0. The molecule has 6 nitrogen and oxygen atoms in total. The molecule has 1 amide bonds. The summed E-state index contributed by atoms with van der Waals surface area (Å²) in [6.45, 7) is 2.21. The molecular weight excluding hydrogens is 460 g/mol. The van der Waals surface area contributed by atoms with Crippen LogP contribution in [0, 0.1) is 5.92 Å². The molecule has 2 aliphatic rings. The van der Waals surface area contributed by atoms with Gasteiger partial charge in [0, 0.05) is 17.7 Å². The highest BCUT2D eigenvalue weighted by atomic mass is 32.2. The summed E-state index contributed by atoms with van der Waals surface area (Å²) < 4.78 is 5.96. The molecule has 178 valence electrons. The van der Waals surface area contributed by atoms with Gasteiger partial charge in [0.25, 0.3) is 5.91 Å². The number of furan rings is 1. The third kappa shape index (κ3) is 4.82. The molecule has 35 heavy (non-hydrogen) atoms. The summed E-state index contributed by atoms with van der Waals surface area (Å²) in [5, 5.41) is 10.2. The number of amides is 1. The van der Waals surface area contributed by atoms with E-state index in [0.717, 1.165) is 24.9 Å². The molecule has 1 N–H and O–H groups in total. The molecule has 1 aliphatic carbocycles. The van der Waals surface area contributed by atoms with Crippen molar-refractivity contribution in [3.05, 3.63) is 83.0 Å². The zero-order chi connectivity index (χ0) is 24.4. The number of para-hydroxylation sites is 1. The van der Waals surface area contributed by atoms with Crippen LogP contribution in [0.2, 0.25) is 0 Å². The predicted molar refractivity (Wildman–Crippen MR) is 138 cm³/mol. The lowest BCUT2D eigenvalue weighted by molar-refractivity contribution is -0.124. The summed E-state index contributed by atoms with van der Waals surface area (Å²) >= 11 is 1.36. The molecule has 0 unspecified atom stereocenters. The van der Waals surface area contributed by atoms with Crippen LogP contribution in [0.4, 0.5) is 5.69 Å². The van der Waals surface area contributed by atoms with Crippen molar-refractivity contribution in [3.8, 4) is 11.3 Å². The second-order valence-electron chi connectivity index (χ2n) is 8.90. The Bertz CT molecular complexity index is 1310. The van der Waals surface area contributed by atoms with Gasteiger partial charge in [-0.15, -0.1) is 0 Å². The topological polar surface area (TPSA) is 83.1 Å². The van der Waals surface area contributed by atoms with Crippen molar-refractivity contribution in [1.82, 2.24) is 4.90 Å². The molecular formula is C28H26N2O4S. The zero-order valence-electron chi connectivity index (χ0n) is 19.4. The van der Waals surface area contributed by atoms with E-state index in [1.807, 2.05) is 35.2 Å². The van der Waals surface area contributed by atoms with E-state index in [-0.39, 0.29) is 17.5 Å². The van der Waals surface area contributed by atoms with E-state index >= 15 is 0 Å². The minimum atomic E-state index is -1.02. The number of rotatable bonds is 5. The highest BCUT2D eigenvalue weighted by Gasteiger charge is 2.41. The van der Waals surface area contributed by atoms with Gasteiger partial charge in [-0.1, -0.05) is 56.2 Å². The third-order valence-electron chi connectivity index (χ3n) is 6.54. The van der Waals surface area contributed by atoms with Gasteiger partial charge in [-0.2, -0.15) is 0 Å². The smallest absolute Gasteiger partial charge is 0.336 e. The minimum absolute atomic E-state index is 0.0627. The number of hydrogen-bond acceptors (Lipinski definition) is 5. The lowest BCUT2D eigenvalue weighted by Gasteiger charge is -2.35. The van der Waals surface area contributed by atoms with Crippen molar-refractivity contribution >= 4 is 40.6 Å². The maximum absolute atomic E-state index is 13.6. The van der Waals surface area contributed by atoms with Crippen LogP contribution in [0.3, 0.4) is 0 Å². The molecule has 1 saturated heterocycles. The van der Waals surface area contributed by atoms with Crippen molar-refractivity contribution in [2.75, 3.05) is 0 Å². The van der Waals surface area contributed by atoms with Gasteiger partial charge in [0.1, 0.15) is 11.5 Å². The highest BCUT2D eigenvalue weighted by Crippen LogP contribution is 2.40. The first kappa shape index (κ1) is 23.2. The Morgan fingerprint density at radius 2 is 1.80 bits per heavy atom. The molecule has 1 aromatic heterocycles. The number of amidine groups is 1. The molecule has 3 aromatic rings. The molecule has 7 heteroatoms. The van der Waals surface area contributed by atoms with E-state index in [4.69, 9.17) is 9.41 Å². The fourth-order valence-electron chi connectivity index (χ4n) is 4.74. The van der Waals surface area contributed by atoms with Gasteiger partial charge in [-0.3, -0.25) is 9.69 Å². The first-order valence-electron chi connectivity index (χ1n) is 11.8. The number of aliphatic imine (C=N–C) groups is 1. The van der Waals surface area contributed by atoms with Crippen molar-refractivity contribution in [1.29, 1.82) is 0 Å². The zero-order valence-corrected chi connectivity index (χ0v) is 20.2. The normalized spacial score (nSPS) is 22.8. The summed E-state index contributed by atoms with van der Waals surface area (Å²) in [5.41, 5.74) is 1.48. The number of hydrogen-bond donors (Lipinski definition) is 1. The summed E-state index contributed by atoms with van der Waals surface area (Å²) in [5.74, 6) is 0.260. The number of thioether (sulfide) groups is 1. The summed E-state index contributed by atoms with van der Waals surface area (Å²) in [7, 11) is 0. The Hall–Kier alpha value is -3.58. The standard InChI is InChI=1S/C28H26N2O4S/c1-18-9-5-8-14-23(18)30-26(31)25(35-28(30)29-19-10-3-2-4-11-19)17-20-15-16-24(34-20)21-12-6-7-13-22(21)27(32)33/h2-4,6-7,10-13,15-18,23H,5,8-9,14H2,1H3,(H,32,33)/b25-17-,29-28?/t18-,23+/m1/s1. The molecule has 0 spiro atoms. The molecule has 2 fully saturated rings. The Labute approximate surface area is 208 Å². The van der Waals surface area contributed by atoms with Crippen LogP contribution in [0.5, 0.6) is 0 Å². The number of carboxylic acid groups (broad SMARTS) is 1. The Morgan fingerprint density at radius 1 is 1.06 bits per heavy atom. The lowest BCUT2D eigenvalue weighted by atomic mass is 9.85. The SMILES string of the molecule is C[C@@H]1CCCC[C@@H]1N1C(=O)/C(=C/c2ccc(-c3ccccc3C(=O)O)o2)SC1=Nc1ccccc1. The molecule has 0 radical (unpaired) electrons. The van der Waals surface area contributed by atoms with E-state index in [9.17, 15) is 14.7 Å². The average Bonchev–Trinajstić information content (AvgIpc) is 3.45. The molecule has 2 heterocycles. The van der Waals surface area contributed by atoms with E-state index in [1.54, 1.807) is 42.5 Å². The van der Waals surface area contributed by atoms with Crippen LogP contribution >= 0.6 is 11.8 Å². The van der Waals surface area contributed by atoms with Gasteiger partial charge in [0.2, 0.25) is 0 Å². The van der Waals surface area contributed by atoms with Gasteiger partial charge in [0.05, 0.1) is 16.2 Å². The van der Waals surface area contributed by atoms with E-state index in [2.05, 4.69) is 6.92 Å². The number of aromatic carboxylic acids is 1. The van der Waals surface area contributed by atoms with Gasteiger partial charge in [-0.05, 0) is 60.9 Å². The van der Waals surface area contributed by atoms with Crippen LogP contribution in [0.15, 0.2) is 81.0 Å². The second-order valence-corrected chi connectivity index (χ2v) is 9.91. The summed E-state index contributed by atoms with van der Waals surface area (Å²) in [6, 6.07) is 20.0. The number of carbonyl (C=O) groups excluding carboxylic acids is 1. The number of carboxylic acids is 1. The average molecular weight is 487 g/mol. The quantitative estimate of drug-likeness (QED) is 0.400. The summed E-state index contributed by atoms with van der Waals surface area (Å²) in [6.07, 6.45) is 6.08. The van der Waals surface area contributed by atoms with Crippen LogP contribution in [-0.4, -0.2) is 33.1 Å². The van der Waals surface area contributed by atoms with Crippen LogP contribution in [0.25, 0.3) is 17.4 Å². The fourth-order valence-corrected chi connectivity index (χ4v) is 5.76. The van der Waals surface area contributed by atoms with Gasteiger partial charge in [0.15, 0.2) is 5.17 Å². The van der Waals surface area contributed by atoms with E-state index < -0.39 is 5.97 Å². The number of nitrogens with zero attached hydrogens (tertiary/aromatic N) is 2. The molecule has 2 aromatic carbocycles. The Morgan fingerprint density at radius 3 is 2.57 bits per heavy atom. The van der Waals surface area contributed by atoms with Crippen LogP contribution in [-0.2, 0) is 4.79 Å². The largest absolute Gasteiger partial charge is 0.478 e. The maximum Gasteiger partial charge on any atom is 0.336 e. The summed E-state index contributed by atoms with van der Waals surface area (Å²) in [4.78, 5) is 32.5. The Balaban J connectivity index is 1.49. The second kappa shape index (κ2) is 9.96. The molecule has 1 saturated carbocycles. The van der Waals surface area contributed by atoms with Crippen LogP contribution < -0.4 is 0 Å². The number of benzene rings is 2. The van der Waals surface area contributed by atoms with Crippen molar-refractivity contribution in [2.24, 2.45) is 10.9 Å². The number of carbonyl (C=O) groups is 2. The monoisotopic (exact) mass is 486 g/mol. The molecule has 0 bridgehead atoms. The van der Waals surface area contributed by atoms with Gasteiger partial charge >= 0.3 is 5.97 Å².